The molecule has 1 saturated heterocycles. The van der Waals surface area contributed by atoms with Gasteiger partial charge in [0.2, 0.25) is 0 Å². The highest BCUT2D eigenvalue weighted by Gasteiger charge is 2.25. The number of carbonyl (C=O) groups excluding carboxylic acids is 1. The molecule has 23 heavy (non-hydrogen) atoms. The predicted molar refractivity (Wildman–Crippen MR) is 90.8 cm³/mol. The van der Waals surface area contributed by atoms with Crippen molar-refractivity contribution in [3.8, 4) is 0 Å². The van der Waals surface area contributed by atoms with Gasteiger partial charge in [0, 0.05) is 32.6 Å². The van der Waals surface area contributed by atoms with Crippen molar-refractivity contribution in [2.24, 2.45) is 5.92 Å². The second-order valence-corrected chi connectivity index (χ2v) is 6.83. The number of anilines is 1. The molecule has 0 saturated carbocycles. The smallest absolute Gasteiger partial charge is 0.273 e. The fourth-order valence-corrected chi connectivity index (χ4v) is 3.42. The molecular weight excluding hydrogens is 310 g/mol. The normalized spacial score (nSPS) is 18.0. The van der Waals surface area contributed by atoms with Gasteiger partial charge >= 0.3 is 0 Å². The van der Waals surface area contributed by atoms with E-state index in [4.69, 9.17) is 0 Å². The lowest BCUT2D eigenvalue weighted by Crippen LogP contribution is -2.40. The Bertz CT molecular complexity index is 641. The Morgan fingerprint density at radius 2 is 2.26 bits per heavy atom. The van der Waals surface area contributed by atoms with Gasteiger partial charge in [-0.2, -0.15) is 5.10 Å². The van der Waals surface area contributed by atoms with Crippen LogP contribution in [0.5, 0.6) is 0 Å². The van der Waals surface area contributed by atoms with Crippen LogP contribution in [0.2, 0.25) is 0 Å². The zero-order valence-electron chi connectivity index (χ0n) is 13.5. The Kier molecular flexibility index (Phi) is 4.85. The van der Waals surface area contributed by atoms with Crippen LogP contribution in [0.15, 0.2) is 23.0 Å². The molecule has 2 aromatic rings. The summed E-state index contributed by atoms with van der Waals surface area (Å²) in [6.45, 7) is 1.59. The van der Waals surface area contributed by atoms with E-state index < -0.39 is 0 Å². The monoisotopic (exact) mass is 331 g/mol. The first-order valence-electron chi connectivity index (χ1n) is 7.81. The first-order chi connectivity index (χ1) is 11.1. The molecule has 7 heteroatoms. The summed E-state index contributed by atoms with van der Waals surface area (Å²) in [5.74, 6) is 1.34. The van der Waals surface area contributed by atoms with Gasteiger partial charge in [-0.05, 0) is 37.3 Å². The number of thiazole rings is 1. The first-order valence-corrected chi connectivity index (χ1v) is 8.75. The number of carbonyl (C=O) groups is 1. The molecule has 0 spiro atoms. The molecular formula is C16H21N5OS. The van der Waals surface area contributed by atoms with Gasteiger partial charge in [-0.3, -0.25) is 4.79 Å². The molecule has 0 aromatic carbocycles. The maximum atomic E-state index is 12.4. The second-order valence-electron chi connectivity index (χ2n) is 6.11. The van der Waals surface area contributed by atoms with Crippen molar-refractivity contribution >= 4 is 23.1 Å². The lowest BCUT2D eigenvalue weighted by molar-refractivity contribution is 0.0667. The molecule has 1 fully saturated rings. The van der Waals surface area contributed by atoms with E-state index in [1.165, 1.54) is 11.3 Å². The summed E-state index contributed by atoms with van der Waals surface area (Å²) in [6, 6.07) is 4.02. The third-order valence-corrected chi connectivity index (χ3v) is 4.71. The summed E-state index contributed by atoms with van der Waals surface area (Å²) in [5.41, 5.74) is 3.26. The van der Waals surface area contributed by atoms with Crippen LogP contribution in [0.1, 0.15) is 29.0 Å². The number of likely N-dealkylation sites (tertiary alicyclic amines) is 1. The lowest BCUT2D eigenvalue weighted by Gasteiger charge is -2.32. The number of hydrogen-bond donors (Lipinski definition) is 0. The highest BCUT2D eigenvalue weighted by molar-refractivity contribution is 7.07. The van der Waals surface area contributed by atoms with Gasteiger partial charge in [0.25, 0.3) is 5.91 Å². The minimum atomic E-state index is 0.0463. The van der Waals surface area contributed by atoms with E-state index in [1.807, 2.05) is 41.4 Å². The van der Waals surface area contributed by atoms with Crippen LogP contribution in [0.25, 0.3) is 0 Å². The molecule has 1 aliphatic heterocycles. The van der Waals surface area contributed by atoms with Gasteiger partial charge in [0.05, 0.1) is 11.2 Å². The molecule has 3 heterocycles. The standard InChI is InChI=1S/C16H21N5OS/c1-20(2)15-6-5-13(18-19-15)8-12-4-3-7-21(9-12)16(22)14-10-23-11-17-14/h5-6,10-12H,3-4,7-9H2,1-2H3/t12-/m1/s1. The zero-order chi connectivity index (χ0) is 16.2. The quantitative estimate of drug-likeness (QED) is 0.858. The average molecular weight is 331 g/mol. The van der Waals surface area contributed by atoms with Crippen molar-refractivity contribution in [2.45, 2.75) is 19.3 Å². The summed E-state index contributed by atoms with van der Waals surface area (Å²) in [4.78, 5) is 20.4. The van der Waals surface area contributed by atoms with Crippen LogP contribution in [0.4, 0.5) is 5.82 Å². The third-order valence-electron chi connectivity index (χ3n) is 4.12. The van der Waals surface area contributed by atoms with Gasteiger partial charge in [0.15, 0.2) is 5.82 Å². The number of hydrogen-bond acceptors (Lipinski definition) is 6. The number of aromatic nitrogens is 3. The van der Waals surface area contributed by atoms with Crippen LogP contribution < -0.4 is 4.90 Å². The topological polar surface area (TPSA) is 62.2 Å². The van der Waals surface area contributed by atoms with Gasteiger partial charge < -0.3 is 9.80 Å². The zero-order valence-corrected chi connectivity index (χ0v) is 14.3. The minimum Gasteiger partial charge on any atom is -0.361 e. The van der Waals surface area contributed by atoms with E-state index in [2.05, 4.69) is 15.2 Å². The molecule has 3 rings (SSSR count). The highest BCUT2D eigenvalue weighted by atomic mass is 32.1. The molecule has 1 atom stereocenters. The predicted octanol–water partition coefficient (Wildman–Crippen LogP) is 2.09. The Morgan fingerprint density at radius 3 is 2.91 bits per heavy atom. The van der Waals surface area contributed by atoms with E-state index in [1.54, 1.807) is 5.51 Å². The molecule has 0 radical (unpaired) electrons. The molecule has 2 aromatic heterocycles. The summed E-state index contributed by atoms with van der Waals surface area (Å²) in [6.07, 6.45) is 3.02. The minimum absolute atomic E-state index is 0.0463. The highest BCUT2D eigenvalue weighted by Crippen LogP contribution is 2.22. The largest absolute Gasteiger partial charge is 0.361 e. The number of nitrogens with zero attached hydrogens (tertiary/aromatic N) is 5. The van der Waals surface area contributed by atoms with Crippen molar-refractivity contribution < 1.29 is 4.79 Å². The maximum absolute atomic E-state index is 12.4. The van der Waals surface area contributed by atoms with E-state index in [0.717, 1.165) is 43.9 Å². The molecule has 0 N–H and O–H groups in total. The molecule has 0 aliphatic carbocycles. The fourth-order valence-electron chi connectivity index (χ4n) is 2.89. The van der Waals surface area contributed by atoms with Crippen LogP contribution in [0.3, 0.4) is 0 Å². The van der Waals surface area contributed by atoms with Crippen LogP contribution in [0, 0.1) is 5.92 Å². The van der Waals surface area contributed by atoms with Gasteiger partial charge in [-0.15, -0.1) is 16.4 Å². The van der Waals surface area contributed by atoms with Crippen molar-refractivity contribution in [2.75, 3.05) is 32.1 Å². The molecule has 1 aliphatic rings. The maximum Gasteiger partial charge on any atom is 0.273 e. The molecule has 122 valence electrons. The lowest BCUT2D eigenvalue weighted by atomic mass is 9.93. The van der Waals surface area contributed by atoms with Crippen molar-refractivity contribution in [3.63, 3.8) is 0 Å². The van der Waals surface area contributed by atoms with Gasteiger partial charge in [-0.1, -0.05) is 0 Å². The third kappa shape index (κ3) is 3.85. The fraction of sp³-hybridized carbons (Fsp3) is 0.500. The van der Waals surface area contributed by atoms with Crippen LogP contribution in [-0.2, 0) is 6.42 Å². The Hall–Kier alpha value is -2.02. The van der Waals surface area contributed by atoms with Crippen molar-refractivity contribution in [3.05, 3.63) is 34.4 Å². The van der Waals surface area contributed by atoms with Crippen LogP contribution >= 0.6 is 11.3 Å². The number of piperidine rings is 1. The van der Waals surface area contributed by atoms with Crippen molar-refractivity contribution in [1.82, 2.24) is 20.1 Å². The Morgan fingerprint density at radius 1 is 1.39 bits per heavy atom. The Balaban J connectivity index is 1.61. The summed E-state index contributed by atoms with van der Waals surface area (Å²) < 4.78 is 0. The van der Waals surface area contributed by atoms with Crippen LogP contribution in [-0.4, -0.2) is 53.2 Å². The Labute approximate surface area is 140 Å². The summed E-state index contributed by atoms with van der Waals surface area (Å²) in [5, 5.41) is 10.4. The van der Waals surface area contributed by atoms with E-state index >= 15 is 0 Å². The molecule has 6 nitrogen and oxygen atoms in total. The molecule has 1 amide bonds. The summed E-state index contributed by atoms with van der Waals surface area (Å²) in [7, 11) is 3.90. The average Bonchev–Trinajstić information content (AvgIpc) is 3.09. The van der Waals surface area contributed by atoms with E-state index in [0.29, 0.717) is 11.6 Å². The second kappa shape index (κ2) is 7.04. The van der Waals surface area contributed by atoms with Gasteiger partial charge in [0.1, 0.15) is 5.69 Å². The number of rotatable bonds is 4. The van der Waals surface area contributed by atoms with Gasteiger partial charge in [-0.25, -0.2) is 4.98 Å². The molecule has 0 unspecified atom stereocenters. The summed E-state index contributed by atoms with van der Waals surface area (Å²) >= 11 is 1.46. The number of amides is 1. The first kappa shape index (κ1) is 15.9. The molecule has 0 bridgehead atoms. The van der Waals surface area contributed by atoms with E-state index in [9.17, 15) is 4.79 Å². The van der Waals surface area contributed by atoms with Crippen molar-refractivity contribution in [1.29, 1.82) is 0 Å². The van der Waals surface area contributed by atoms with E-state index in [-0.39, 0.29) is 5.91 Å². The SMILES string of the molecule is CN(C)c1ccc(C[C@H]2CCCN(C(=O)c3cscn3)C2)nn1.